The van der Waals surface area contributed by atoms with Gasteiger partial charge >= 0.3 is 0 Å². The molecule has 0 radical (unpaired) electrons. The van der Waals surface area contributed by atoms with E-state index < -0.39 is 0 Å². The van der Waals surface area contributed by atoms with Crippen molar-refractivity contribution in [2.45, 2.75) is 25.8 Å². The van der Waals surface area contributed by atoms with E-state index in [4.69, 9.17) is 4.74 Å². The van der Waals surface area contributed by atoms with E-state index in [9.17, 15) is 4.79 Å². The Bertz CT molecular complexity index is 470. The molecule has 1 atom stereocenters. The third kappa shape index (κ3) is 4.75. The lowest BCUT2D eigenvalue weighted by Gasteiger charge is -2.28. The number of carbonyl (C=O) groups is 1. The molecule has 1 unspecified atom stereocenters. The van der Waals surface area contributed by atoms with Crippen LogP contribution in [0.15, 0.2) is 36.9 Å². The van der Waals surface area contributed by atoms with Gasteiger partial charge in [-0.05, 0) is 43.7 Å². The van der Waals surface area contributed by atoms with E-state index in [0.717, 1.165) is 43.8 Å². The topological polar surface area (TPSA) is 41.6 Å². The maximum Gasteiger partial charge on any atom is 0.254 e. The van der Waals surface area contributed by atoms with Crippen LogP contribution >= 0.6 is 12.4 Å². The molecule has 122 valence electrons. The van der Waals surface area contributed by atoms with Gasteiger partial charge in [0.15, 0.2) is 0 Å². The molecular formula is C17H25ClN2O2. The minimum absolute atomic E-state index is 0. The number of nitrogens with zero attached hydrogens (tertiary/aromatic N) is 1. The first-order valence-corrected chi connectivity index (χ1v) is 7.61. The number of hydrogen-bond donors (Lipinski definition) is 1. The molecule has 0 bridgehead atoms. The second kappa shape index (κ2) is 9.49. The highest BCUT2D eigenvalue weighted by Crippen LogP contribution is 2.17. The van der Waals surface area contributed by atoms with E-state index in [0.29, 0.717) is 12.6 Å². The summed E-state index contributed by atoms with van der Waals surface area (Å²) in [6.45, 7) is 8.89. The van der Waals surface area contributed by atoms with Crippen molar-refractivity contribution in [2.24, 2.45) is 0 Å². The first kappa shape index (κ1) is 18.5. The number of nitrogens with one attached hydrogen (secondary N) is 1. The number of ether oxygens (including phenoxy) is 1. The molecule has 1 amide bonds. The van der Waals surface area contributed by atoms with E-state index >= 15 is 0 Å². The van der Waals surface area contributed by atoms with Crippen molar-refractivity contribution in [3.8, 4) is 5.75 Å². The monoisotopic (exact) mass is 324 g/mol. The van der Waals surface area contributed by atoms with Crippen LogP contribution in [0.25, 0.3) is 0 Å². The highest BCUT2D eigenvalue weighted by atomic mass is 35.5. The van der Waals surface area contributed by atoms with Crippen LogP contribution in [0.1, 0.15) is 30.1 Å². The Kier molecular flexibility index (Phi) is 7.99. The van der Waals surface area contributed by atoms with Crippen LogP contribution in [-0.2, 0) is 0 Å². The van der Waals surface area contributed by atoms with Gasteiger partial charge in [0.1, 0.15) is 12.4 Å². The molecule has 22 heavy (non-hydrogen) atoms. The van der Waals surface area contributed by atoms with Crippen LogP contribution in [0.5, 0.6) is 5.75 Å². The van der Waals surface area contributed by atoms with Crippen LogP contribution in [0.4, 0.5) is 0 Å². The molecule has 2 rings (SSSR count). The predicted molar refractivity (Wildman–Crippen MR) is 92.0 cm³/mol. The summed E-state index contributed by atoms with van der Waals surface area (Å²) < 4.78 is 5.44. The zero-order valence-corrected chi connectivity index (χ0v) is 13.9. The van der Waals surface area contributed by atoms with E-state index in [2.05, 4.69) is 18.8 Å². The zero-order valence-electron chi connectivity index (χ0n) is 13.1. The van der Waals surface area contributed by atoms with Gasteiger partial charge in [0.25, 0.3) is 5.91 Å². The maximum absolute atomic E-state index is 12.7. The summed E-state index contributed by atoms with van der Waals surface area (Å²) in [5.74, 6) is 0.872. The lowest BCUT2D eigenvalue weighted by atomic mass is 10.1. The molecule has 1 aliphatic rings. The third-order valence-corrected chi connectivity index (χ3v) is 3.67. The van der Waals surface area contributed by atoms with Crippen LogP contribution in [0.2, 0.25) is 0 Å². The number of halogens is 1. The van der Waals surface area contributed by atoms with Gasteiger partial charge in [0.2, 0.25) is 0 Å². The predicted octanol–water partition coefficient (Wildman–Crippen LogP) is 2.89. The lowest BCUT2D eigenvalue weighted by Crippen LogP contribution is -2.42. The lowest BCUT2D eigenvalue weighted by molar-refractivity contribution is 0.0692. The fourth-order valence-corrected chi connectivity index (χ4v) is 2.61. The van der Waals surface area contributed by atoms with Gasteiger partial charge in [-0.25, -0.2) is 0 Å². The summed E-state index contributed by atoms with van der Waals surface area (Å²) in [4.78, 5) is 14.7. The molecule has 1 aromatic carbocycles. The molecule has 1 aromatic rings. The summed E-state index contributed by atoms with van der Waals surface area (Å²) in [6, 6.07) is 7.67. The normalized spacial score (nSPS) is 16.7. The number of hydrogen-bond acceptors (Lipinski definition) is 3. The van der Waals surface area contributed by atoms with Gasteiger partial charge < -0.3 is 15.0 Å². The summed E-state index contributed by atoms with van der Waals surface area (Å²) in [6.07, 6.45) is 3.71. The van der Waals surface area contributed by atoms with Crippen LogP contribution in [0.3, 0.4) is 0 Å². The smallest absolute Gasteiger partial charge is 0.254 e. The van der Waals surface area contributed by atoms with Gasteiger partial charge in [-0.15, -0.1) is 12.4 Å². The van der Waals surface area contributed by atoms with Gasteiger partial charge in [0, 0.05) is 24.7 Å². The average Bonchev–Trinajstić information content (AvgIpc) is 3.04. The molecule has 0 saturated carbocycles. The van der Waals surface area contributed by atoms with Crippen molar-refractivity contribution in [2.75, 3.05) is 26.2 Å². The van der Waals surface area contributed by atoms with Crippen molar-refractivity contribution < 1.29 is 9.53 Å². The van der Waals surface area contributed by atoms with Crippen LogP contribution in [0, 0.1) is 0 Å². The molecule has 1 N–H and O–H groups in total. The zero-order chi connectivity index (χ0) is 15.1. The standard InChI is InChI=1S/C17H24N2O2.ClH/c1-3-11-19(15-9-10-18-13-15)17(20)14-5-7-16(8-6-14)21-12-4-2;/h4-8,15,18H,2-3,9-13H2,1H3;1H. The summed E-state index contributed by atoms with van der Waals surface area (Å²) >= 11 is 0. The molecule has 0 aliphatic carbocycles. The van der Waals surface area contributed by atoms with E-state index in [1.165, 1.54) is 0 Å². The van der Waals surface area contributed by atoms with E-state index in [1.54, 1.807) is 6.08 Å². The van der Waals surface area contributed by atoms with Crippen molar-refractivity contribution in [3.05, 3.63) is 42.5 Å². The van der Waals surface area contributed by atoms with Crippen molar-refractivity contribution in [1.82, 2.24) is 10.2 Å². The second-order valence-corrected chi connectivity index (χ2v) is 5.27. The van der Waals surface area contributed by atoms with Crippen LogP contribution < -0.4 is 10.1 Å². The fourth-order valence-electron chi connectivity index (χ4n) is 2.61. The summed E-state index contributed by atoms with van der Waals surface area (Å²) in [5.41, 5.74) is 0.723. The Labute approximate surface area is 138 Å². The molecule has 1 aliphatic heterocycles. The fraction of sp³-hybridized carbons (Fsp3) is 0.471. The Balaban J connectivity index is 0.00000242. The molecule has 1 saturated heterocycles. The molecule has 1 heterocycles. The highest BCUT2D eigenvalue weighted by molar-refractivity contribution is 5.94. The average molecular weight is 325 g/mol. The largest absolute Gasteiger partial charge is 0.490 e. The van der Waals surface area contributed by atoms with Gasteiger partial charge in [-0.1, -0.05) is 19.6 Å². The van der Waals surface area contributed by atoms with Crippen LogP contribution in [-0.4, -0.2) is 43.1 Å². The van der Waals surface area contributed by atoms with Crippen molar-refractivity contribution in [3.63, 3.8) is 0 Å². The minimum Gasteiger partial charge on any atom is -0.490 e. The first-order valence-electron chi connectivity index (χ1n) is 7.61. The quantitative estimate of drug-likeness (QED) is 0.784. The molecule has 4 nitrogen and oxygen atoms in total. The summed E-state index contributed by atoms with van der Waals surface area (Å²) in [5, 5.41) is 3.33. The molecular weight excluding hydrogens is 300 g/mol. The Morgan fingerprint density at radius 1 is 1.45 bits per heavy atom. The van der Waals surface area contributed by atoms with E-state index in [-0.39, 0.29) is 18.3 Å². The molecule has 5 heteroatoms. The Hall–Kier alpha value is -1.52. The number of amides is 1. The van der Waals surface area contributed by atoms with Crippen molar-refractivity contribution >= 4 is 18.3 Å². The third-order valence-electron chi connectivity index (χ3n) is 3.67. The van der Waals surface area contributed by atoms with E-state index in [1.807, 2.05) is 29.2 Å². The molecule has 1 fully saturated rings. The van der Waals surface area contributed by atoms with Gasteiger partial charge in [0.05, 0.1) is 0 Å². The SMILES string of the molecule is C=CCOc1ccc(C(=O)N(CCC)C2CCNC2)cc1.Cl. The molecule has 0 spiro atoms. The highest BCUT2D eigenvalue weighted by Gasteiger charge is 2.26. The minimum atomic E-state index is 0. The number of carbonyl (C=O) groups excluding carboxylic acids is 1. The number of benzene rings is 1. The number of rotatable bonds is 7. The van der Waals surface area contributed by atoms with Gasteiger partial charge in [-0.3, -0.25) is 4.79 Å². The Morgan fingerprint density at radius 2 is 2.18 bits per heavy atom. The first-order chi connectivity index (χ1) is 10.3. The van der Waals surface area contributed by atoms with Crippen molar-refractivity contribution in [1.29, 1.82) is 0 Å². The molecule has 0 aromatic heterocycles. The second-order valence-electron chi connectivity index (χ2n) is 5.27. The maximum atomic E-state index is 12.7. The summed E-state index contributed by atoms with van der Waals surface area (Å²) in [7, 11) is 0. The van der Waals surface area contributed by atoms with Gasteiger partial charge in [-0.2, -0.15) is 0 Å². The Morgan fingerprint density at radius 3 is 2.73 bits per heavy atom.